The number of carbonyl (C=O) groups excluding carboxylic acids is 2. The molecule has 0 radical (unpaired) electrons. The van der Waals surface area contributed by atoms with Crippen LogP contribution in [0.15, 0.2) is 30.6 Å². The Hall–Kier alpha value is -2.90. The number of benzene rings is 1. The SMILES string of the molecule is Cc1nccn1-c1ccc(CNC(=O)[C@@H]2CNC(=O)N2)cc1F. The van der Waals surface area contributed by atoms with E-state index < -0.39 is 11.9 Å². The summed E-state index contributed by atoms with van der Waals surface area (Å²) in [4.78, 5) is 26.9. The van der Waals surface area contributed by atoms with Crippen LogP contribution in [-0.2, 0) is 11.3 Å². The molecular weight excluding hydrogens is 301 g/mol. The highest BCUT2D eigenvalue weighted by Crippen LogP contribution is 2.16. The summed E-state index contributed by atoms with van der Waals surface area (Å²) in [6.07, 6.45) is 3.29. The van der Waals surface area contributed by atoms with Gasteiger partial charge in [0, 0.05) is 25.5 Å². The summed E-state index contributed by atoms with van der Waals surface area (Å²) < 4.78 is 15.9. The fourth-order valence-corrected chi connectivity index (χ4v) is 2.41. The lowest BCUT2D eigenvalue weighted by Crippen LogP contribution is -2.42. The maximum absolute atomic E-state index is 14.2. The average molecular weight is 317 g/mol. The Labute approximate surface area is 131 Å². The van der Waals surface area contributed by atoms with Crippen molar-refractivity contribution >= 4 is 11.9 Å². The molecule has 0 bridgehead atoms. The number of halogens is 1. The number of hydrogen-bond acceptors (Lipinski definition) is 3. The van der Waals surface area contributed by atoms with Crippen LogP contribution in [-0.4, -0.2) is 34.1 Å². The Morgan fingerprint density at radius 3 is 2.96 bits per heavy atom. The highest BCUT2D eigenvalue weighted by atomic mass is 19.1. The van der Waals surface area contributed by atoms with Gasteiger partial charge in [-0.1, -0.05) is 6.07 Å². The molecule has 0 saturated carbocycles. The van der Waals surface area contributed by atoms with Crippen molar-refractivity contribution in [2.45, 2.75) is 19.5 Å². The molecule has 3 rings (SSSR count). The molecule has 23 heavy (non-hydrogen) atoms. The molecule has 1 aliphatic rings. The molecule has 8 heteroatoms. The molecule has 3 N–H and O–H groups in total. The van der Waals surface area contributed by atoms with Gasteiger partial charge in [0.05, 0.1) is 5.69 Å². The second-order valence-electron chi connectivity index (χ2n) is 5.25. The maximum atomic E-state index is 14.2. The van der Waals surface area contributed by atoms with Gasteiger partial charge in [-0.25, -0.2) is 14.2 Å². The summed E-state index contributed by atoms with van der Waals surface area (Å²) in [5.74, 6) is -0.0126. The Balaban J connectivity index is 1.65. The zero-order valence-electron chi connectivity index (χ0n) is 12.5. The van der Waals surface area contributed by atoms with Crippen molar-refractivity contribution in [2.24, 2.45) is 0 Å². The fraction of sp³-hybridized carbons (Fsp3) is 0.267. The van der Waals surface area contributed by atoms with Gasteiger partial charge in [-0.15, -0.1) is 0 Å². The second kappa shape index (κ2) is 6.07. The number of hydrogen-bond donors (Lipinski definition) is 3. The van der Waals surface area contributed by atoms with Gasteiger partial charge in [-0.05, 0) is 24.6 Å². The van der Waals surface area contributed by atoms with Crippen molar-refractivity contribution in [3.63, 3.8) is 0 Å². The molecule has 2 aromatic rings. The molecule has 1 saturated heterocycles. The molecule has 1 aromatic heterocycles. The molecule has 2 heterocycles. The van der Waals surface area contributed by atoms with Gasteiger partial charge in [-0.2, -0.15) is 0 Å². The lowest BCUT2D eigenvalue weighted by Gasteiger charge is -2.11. The molecule has 1 fully saturated rings. The number of urea groups is 1. The molecular formula is C15H16FN5O2. The summed E-state index contributed by atoms with van der Waals surface area (Å²) in [5.41, 5.74) is 1.04. The highest BCUT2D eigenvalue weighted by Gasteiger charge is 2.26. The smallest absolute Gasteiger partial charge is 0.315 e. The second-order valence-corrected chi connectivity index (χ2v) is 5.25. The van der Waals surface area contributed by atoms with Gasteiger partial charge >= 0.3 is 6.03 Å². The zero-order valence-corrected chi connectivity index (χ0v) is 12.5. The van der Waals surface area contributed by atoms with E-state index in [4.69, 9.17) is 0 Å². The highest BCUT2D eigenvalue weighted by molar-refractivity contribution is 5.90. The minimum atomic E-state index is -0.597. The third kappa shape index (κ3) is 3.15. The van der Waals surface area contributed by atoms with E-state index in [1.807, 2.05) is 0 Å². The van der Waals surface area contributed by atoms with Gasteiger partial charge in [0.25, 0.3) is 0 Å². The van der Waals surface area contributed by atoms with Crippen molar-refractivity contribution < 1.29 is 14.0 Å². The minimum absolute atomic E-state index is 0.186. The zero-order chi connectivity index (χ0) is 16.4. The maximum Gasteiger partial charge on any atom is 0.315 e. The minimum Gasteiger partial charge on any atom is -0.350 e. The lowest BCUT2D eigenvalue weighted by atomic mass is 10.2. The Morgan fingerprint density at radius 2 is 2.35 bits per heavy atom. The Morgan fingerprint density at radius 1 is 1.52 bits per heavy atom. The van der Waals surface area contributed by atoms with Gasteiger partial charge in [0.15, 0.2) is 0 Å². The van der Waals surface area contributed by atoms with Crippen molar-refractivity contribution in [2.75, 3.05) is 6.54 Å². The first kappa shape index (κ1) is 15.0. The molecule has 3 amide bonds. The van der Waals surface area contributed by atoms with Crippen LogP contribution in [0.3, 0.4) is 0 Å². The summed E-state index contributed by atoms with van der Waals surface area (Å²) in [6.45, 7) is 2.22. The molecule has 0 spiro atoms. The topological polar surface area (TPSA) is 88.1 Å². The number of aromatic nitrogens is 2. The van der Waals surface area contributed by atoms with Crippen molar-refractivity contribution in [3.8, 4) is 5.69 Å². The van der Waals surface area contributed by atoms with Gasteiger partial charge in [-0.3, -0.25) is 4.79 Å². The molecule has 120 valence electrons. The van der Waals surface area contributed by atoms with E-state index in [2.05, 4.69) is 20.9 Å². The van der Waals surface area contributed by atoms with Crippen LogP contribution < -0.4 is 16.0 Å². The first-order valence-corrected chi connectivity index (χ1v) is 7.15. The number of amides is 3. The van der Waals surface area contributed by atoms with E-state index >= 15 is 0 Å². The molecule has 1 aromatic carbocycles. The fourth-order valence-electron chi connectivity index (χ4n) is 2.41. The Bertz CT molecular complexity index is 758. The number of imidazole rings is 1. The number of nitrogens with one attached hydrogen (secondary N) is 3. The molecule has 1 aliphatic heterocycles. The average Bonchev–Trinajstić information content (AvgIpc) is 3.14. The van der Waals surface area contributed by atoms with Crippen molar-refractivity contribution in [1.29, 1.82) is 0 Å². The van der Waals surface area contributed by atoms with Crippen molar-refractivity contribution in [3.05, 3.63) is 47.8 Å². The van der Waals surface area contributed by atoms with E-state index in [1.165, 1.54) is 6.07 Å². The number of aryl methyl sites for hydroxylation is 1. The lowest BCUT2D eigenvalue weighted by molar-refractivity contribution is -0.122. The summed E-state index contributed by atoms with van der Waals surface area (Å²) in [6, 6.07) is 3.80. The third-order valence-corrected chi connectivity index (χ3v) is 3.65. The van der Waals surface area contributed by atoms with Crippen LogP contribution in [0.2, 0.25) is 0 Å². The van der Waals surface area contributed by atoms with E-state index in [1.54, 1.807) is 36.0 Å². The molecule has 1 atom stereocenters. The van der Waals surface area contributed by atoms with E-state index in [9.17, 15) is 14.0 Å². The summed E-state index contributed by atoms with van der Waals surface area (Å²) in [7, 11) is 0. The predicted molar refractivity (Wildman–Crippen MR) is 80.4 cm³/mol. The largest absolute Gasteiger partial charge is 0.350 e. The van der Waals surface area contributed by atoms with Crippen molar-refractivity contribution in [1.82, 2.24) is 25.5 Å². The van der Waals surface area contributed by atoms with E-state index in [0.29, 0.717) is 17.1 Å². The number of rotatable bonds is 4. The third-order valence-electron chi connectivity index (χ3n) is 3.65. The van der Waals surface area contributed by atoms with Crippen LogP contribution in [0.1, 0.15) is 11.4 Å². The first-order valence-electron chi connectivity index (χ1n) is 7.15. The van der Waals surface area contributed by atoms with Gasteiger partial charge in [0.1, 0.15) is 17.7 Å². The summed E-state index contributed by atoms with van der Waals surface area (Å²) in [5, 5.41) is 7.67. The van der Waals surface area contributed by atoms with Crippen LogP contribution in [0, 0.1) is 12.7 Å². The van der Waals surface area contributed by atoms with E-state index in [-0.39, 0.29) is 25.0 Å². The van der Waals surface area contributed by atoms with Crippen LogP contribution in [0.5, 0.6) is 0 Å². The normalized spacial score (nSPS) is 16.8. The molecule has 7 nitrogen and oxygen atoms in total. The monoisotopic (exact) mass is 317 g/mol. The molecule has 0 unspecified atom stereocenters. The predicted octanol–water partition coefficient (Wildman–Crippen LogP) is 0.617. The van der Waals surface area contributed by atoms with Crippen LogP contribution in [0.4, 0.5) is 9.18 Å². The quantitative estimate of drug-likeness (QED) is 0.772. The number of nitrogens with zero attached hydrogens (tertiary/aromatic N) is 2. The van der Waals surface area contributed by atoms with Crippen LogP contribution in [0.25, 0.3) is 5.69 Å². The van der Waals surface area contributed by atoms with Gasteiger partial charge < -0.3 is 20.5 Å². The summed E-state index contributed by atoms with van der Waals surface area (Å²) >= 11 is 0. The number of carbonyl (C=O) groups is 2. The Kier molecular flexibility index (Phi) is 3.96. The molecule has 0 aliphatic carbocycles. The van der Waals surface area contributed by atoms with E-state index in [0.717, 1.165) is 0 Å². The standard InChI is InChI=1S/C15H16FN5O2/c1-9-17-4-5-21(9)13-3-2-10(6-11(13)16)7-18-14(22)12-8-19-15(23)20-12/h2-6,12H,7-8H2,1H3,(H,18,22)(H2,19,20,23)/t12-/m0/s1. The van der Waals surface area contributed by atoms with Gasteiger partial charge in [0.2, 0.25) is 5.91 Å². The first-order chi connectivity index (χ1) is 11.0. The van der Waals surface area contributed by atoms with Crippen LogP contribution >= 0.6 is 0 Å².